The lowest BCUT2D eigenvalue weighted by Crippen LogP contribution is -2.39. The normalized spacial score (nSPS) is 24.4. The smallest absolute Gasteiger partial charge is 0.251 e. The number of nitrogens with zero attached hydrogens (tertiary/aromatic N) is 1. The highest BCUT2D eigenvalue weighted by molar-refractivity contribution is 5.95. The Balaban J connectivity index is 1.49. The summed E-state index contributed by atoms with van der Waals surface area (Å²) in [7, 11) is 0. The summed E-state index contributed by atoms with van der Waals surface area (Å²) in [6.07, 6.45) is 6.56. The predicted octanol–water partition coefficient (Wildman–Crippen LogP) is 2.86. The van der Waals surface area contributed by atoms with Crippen LogP contribution in [-0.4, -0.2) is 28.0 Å². The van der Waals surface area contributed by atoms with Crippen LogP contribution in [0.3, 0.4) is 0 Å². The van der Waals surface area contributed by atoms with Crippen molar-refractivity contribution in [2.75, 3.05) is 5.32 Å². The van der Waals surface area contributed by atoms with Gasteiger partial charge in [0.2, 0.25) is 5.91 Å². The molecule has 2 heterocycles. The monoisotopic (exact) mass is 366 g/mol. The highest BCUT2D eigenvalue weighted by atomic mass is 16.2. The second-order valence-corrected chi connectivity index (χ2v) is 7.61. The minimum absolute atomic E-state index is 0.0188. The first-order valence-electron chi connectivity index (χ1n) is 9.90. The summed E-state index contributed by atoms with van der Waals surface area (Å²) in [5.74, 6) is 1.18. The Hall–Kier alpha value is -2.47. The Labute approximate surface area is 158 Å². The van der Waals surface area contributed by atoms with Gasteiger partial charge in [0.15, 0.2) is 0 Å². The summed E-state index contributed by atoms with van der Waals surface area (Å²) in [4.78, 5) is 31.8. The third-order valence-electron chi connectivity index (χ3n) is 5.74. The maximum absolute atomic E-state index is 12.7. The zero-order chi connectivity index (χ0) is 18.8. The van der Waals surface area contributed by atoms with Gasteiger partial charge < -0.3 is 15.6 Å². The molecule has 3 atom stereocenters. The molecular formula is C21H26N4O2. The summed E-state index contributed by atoms with van der Waals surface area (Å²) < 4.78 is 0. The predicted molar refractivity (Wildman–Crippen MR) is 106 cm³/mol. The summed E-state index contributed by atoms with van der Waals surface area (Å²) in [5, 5.41) is 6.54. The van der Waals surface area contributed by atoms with Crippen LogP contribution in [0.1, 0.15) is 44.7 Å². The number of fused-ring (bicyclic) bond motifs is 1. The third kappa shape index (κ3) is 3.95. The molecule has 1 saturated carbocycles. The van der Waals surface area contributed by atoms with Gasteiger partial charge in [0, 0.05) is 29.1 Å². The van der Waals surface area contributed by atoms with E-state index in [4.69, 9.17) is 0 Å². The van der Waals surface area contributed by atoms with Crippen LogP contribution in [0.15, 0.2) is 35.1 Å². The number of nitrogens with one attached hydrogen (secondary N) is 3. The van der Waals surface area contributed by atoms with E-state index < -0.39 is 0 Å². The van der Waals surface area contributed by atoms with Gasteiger partial charge in [0.05, 0.1) is 6.04 Å². The molecule has 4 rings (SSSR count). The Morgan fingerprint density at radius 1 is 1.26 bits per heavy atom. The molecule has 3 unspecified atom stereocenters. The van der Waals surface area contributed by atoms with Crippen LogP contribution < -0.4 is 16.2 Å². The Morgan fingerprint density at radius 3 is 2.93 bits per heavy atom. The van der Waals surface area contributed by atoms with Crippen molar-refractivity contribution in [3.8, 4) is 11.4 Å². The summed E-state index contributed by atoms with van der Waals surface area (Å²) >= 11 is 0. The van der Waals surface area contributed by atoms with Crippen molar-refractivity contribution in [1.29, 1.82) is 0 Å². The van der Waals surface area contributed by atoms with Gasteiger partial charge >= 0.3 is 0 Å². The molecule has 1 aliphatic heterocycles. The number of anilines is 1. The Morgan fingerprint density at radius 2 is 2.11 bits per heavy atom. The molecule has 142 valence electrons. The maximum atomic E-state index is 12.7. The zero-order valence-electron chi connectivity index (χ0n) is 15.6. The average molecular weight is 366 g/mol. The van der Waals surface area contributed by atoms with E-state index in [2.05, 4.69) is 20.6 Å². The summed E-state index contributed by atoms with van der Waals surface area (Å²) in [6, 6.07) is 9.36. The van der Waals surface area contributed by atoms with Crippen LogP contribution in [0.5, 0.6) is 0 Å². The van der Waals surface area contributed by atoms with Crippen LogP contribution in [0, 0.1) is 5.92 Å². The number of amides is 1. The van der Waals surface area contributed by atoms with Crippen LogP contribution in [0.4, 0.5) is 5.69 Å². The molecule has 1 aromatic carbocycles. The standard InChI is InChI=1S/C21H26N4O2/c1-2-15-12-19(26)25-20(22-15)14-7-5-8-16(10-14)23-21(27)18-11-13-6-3-4-9-17(13)24-18/h5,7-8,10,12-13,17-18,24H,2-4,6,9,11H2,1H3,(H,23,27)(H,22,25,26). The number of aryl methyl sites for hydroxylation is 1. The topological polar surface area (TPSA) is 86.9 Å². The van der Waals surface area contributed by atoms with E-state index in [0.29, 0.717) is 24.2 Å². The molecule has 0 spiro atoms. The lowest BCUT2D eigenvalue weighted by molar-refractivity contribution is -0.117. The molecule has 0 radical (unpaired) electrons. The van der Waals surface area contributed by atoms with Crippen molar-refractivity contribution in [3.05, 3.63) is 46.4 Å². The lowest BCUT2D eigenvalue weighted by Gasteiger charge is -2.24. The van der Waals surface area contributed by atoms with Crippen LogP contribution in [0.25, 0.3) is 11.4 Å². The van der Waals surface area contributed by atoms with Gasteiger partial charge in [0.25, 0.3) is 5.56 Å². The van der Waals surface area contributed by atoms with Crippen molar-refractivity contribution in [1.82, 2.24) is 15.3 Å². The third-order valence-corrected chi connectivity index (χ3v) is 5.74. The van der Waals surface area contributed by atoms with Gasteiger partial charge in [-0.05, 0) is 43.7 Å². The van der Waals surface area contributed by atoms with Crippen molar-refractivity contribution in [3.63, 3.8) is 0 Å². The second kappa shape index (κ2) is 7.64. The maximum Gasteiger partial charge on any atom is 0.251 e. The molecule has 0 bridgehead atoms. The molecule has 1 saturated heterocycles. The fraction of sp³-hybridized carbons (Fsp3) is 0.476. The molecule has 3 N–H and O–H groups in total. The number of hydrogen-bond acceptors (Lipinski definition) is 4. The molecule has 1 amide bonds. The Bertz CT molecular complexity index is 878. The van der Waals surface area contributed by atoms with Crippen LogP contribution in [-0.2, 0) is 11.2 Å². The molecule has 1 aromatic heterocycles. The first-order chi connectivity index (χ1) is 13.1. The molecule has 1 aliphatic carbocycles. The van der Waals surface area contributed by atoms with Gasteiger partial charge in [-0.2, -0.15) is 0 Å². The number of H-pyrrole nitrogens is 1. The van der Waals surface area contributed by atoms with Crippen molar-refractivity contribution in [2.45, 2.75) is 57.5 Å². The lowest BCUT2D eigenvalue weighted by atomic mass is 9.85. The quantitative estimate of drug-likeness (QED) is 0.776. The van der Waals surface area contributed by atoms with Crippen molar-refractivity contribution < 1.29 is 4.79 Å². The van der Waals surface area contributed by atoms with Gasteiger partial charge in [0.1, 0.15) is 5.82 Å². The van der Waals surface area contributed by atoms with Gasteiger partial charge in [-0.1, -0.05) is 31.9 Å². The highest BCUT2D eigenvalue weighted by Crippen LogP contribution is 2.33. The fourth-order valence-corrected chi connectivity index (χ4v) is 4.32. The van der Waals surface area contributed by atoms with E-state index in [-0.39, 0.29) is 17.5 Å². The minimum Gasteiger partial charge on any atom is -0.325 e. The average Bonchev–Trinajstić information content (AvgIpc) is 3.12. The number of aromatic nitrogens is 2. The Kier molecular flexibility index (Phi) is 5.07. The van der Waals surface area contributed by atoms with E-state index in [9.17, 15) is 9.59 Å². The molecule has 2 aromatic rings. The van der Waals surface area contributed by atoms with E-state index in [0.717, 1.165) is 23.4 Å². The SMILES string of the molecule is CCc1cc(=O)[nH]c(-c2cccc(NC(=O)C3CC4CCCCC4N3)c2)n1. The van der Waals surface area contributed by atoms with Gasteiger partial charge in [-0.25, -0.2) is 4.98 Å². The van der Waals surface area contributed by atoms with Gasteiger partial charge in [-0.3, -0.25) is 9.59 Å². The molecule has 6 nitrogen and oxygen atoms in total. The second-order valence-electron chi connectivity index (χ2n) is 7.61. The fourth-order valence-electron chi connectivity index (χ4n) is 4.32. The van der Waals surface area contributed by atoms with Crippen LogP contribution >= 0.6 is 0 Å². The number of carbonyl (C=O) groups excluding carboxylic acids is 1. The first-order valence-corrected chi connectivity index (χ1v) is 9.90. The van der Waals surface area contributed by atoms with Gasteiger partial charge in [-0.15, -0.1) is 0 Å². The van der Waals surface area contributed by atoms with E-state index >= 15 is 0 Å². The number of aromatic amines is 1. The highest BCUT2D eigenvalue weighted by Gasteiger charge is 2.38. The minimum atomic E-state index is -0.163. The molecule has 2 aliphatic rings. The summed E-state index contributed by atoms with van der Waals surface area (Å²) in [6.45, 7) is 1.97. The molecule has 27 heavy (non-hydrogen) atoms. The number of hydrogen-bond donors (Lipinski definition) is 3. The van der Waals surface area contributed by atoms with Crippen molar-refractivity contribution >= 4 is 11.6 Å². The number of carbonyl (C=O) groups is 1. The molecule has 6 heteroatoms. The first kappa shape index (κ1) is 17.9. The number of rotatable bonds is 4. The van der Waals surface area contributed by atoms with E-state index in [1.807, 2.05) is 31.2 Å². The summed E-state index contributed by atoms with van der Waals surface area (Å²) in [5.41, 5.74) is 2.09. The number of benzene rings is 1. The van der Waals surface area contributed by atoms with Crippen molar-refractivity contribution in [2.24, 2.45) is 5.92 Å². The van der Waals surface area contributed by atoms with E-state index in [1.165, 1.54) is 31.7 Å². The van der Waals surface area contributed by atoms with E-state index in [1.54, 1.807) is 0 Å². The zero-order valence-corrected chi connectivity index (χ0v) is 15.6. The van der Waals surface area contributed by atoms with Crippen LogP contribution in [0.2, 0.25) is 0 Å². The molecule has 2 fully saturated rings. The molecular weight excluding hydrogens is 340 g/mol. The largest absolute Gasteiger partial charge is 0.325 e.